The average Bonchev–Trinajstić information content (AvgIpc) is 2.29. The number of rotatable bonds is 5. The molecule has 0 radical (unpaired) electrons. The number of aliphatic hydroxyl groups excluding tert-OH is 1. The van der Waals surface area contributed by atoms with Gasteiger partial charge in [-0.2, -0.15) is 0 Å². The zero-order chi connectivity index (χ0) is 12.3. The van der Waals surface area contributed by atoms with Gasteiger partial charge in [0.2, 0.25) is 0 Å². The molecule has 1 aromatic rings. The Balaban J connectivity index is 1.91. The van der Waals surface area contributed by atoms with Gasteiger partial charge >= 0.3 is 0 Å². The van der Waals surface area contributed by atoms with Crippen LogP contribution in [0.4, 0.5) is 4.39 Å². The lowest BCUT2D eigenvalue weighted by Gasteiger charge is -2.40. The van der Waals surface area contributed by atoms with Crippen molar-refractivity contribution in [1.82, 2.24) is 0 Å². The van der Waals surface area contributed by atoms with Gasteiger partial charge in [0.05, 0.1) is 6.10 Å². The minimum absolute atomic E-state index is 0.182. The zero-order valence-electron chi connectivity index (χ0n) is 9.80. The van der Waals surface area contributed by atoms with Crippen molar-refractivity contribution >= 4 is 0 Å². The molecule has 0 saturated heterocycles. The third-order valence-corrected chi connectivity index (χ3v) is 2.82. The van der Waals surface area contributed by atoms with E-state index in [1.807, 2.05) is 6.92 Å². The van der Waals surface area contributed by atoms with Crippen molar-refractivity contribution in [3.63, 3.8) is 0 Å². The molecule has 1 aliphatic carbocycles. The largest absolute Gasteiger partial charge is 0.487 e. The predicted molar refractivity (Wildman–Crippen MR) is 61.5 cm³/mol. The van der Waals surface area contributed by atoms with Crippen molar-refractivity contribution in [2.75, 3.05) is 6.61 Å². The number of benzene rings is 1. The predicted octanol–water partition coefficient (Wildman–Crippen LogP) is 2.13. The van der Waals surface area contributed by atoms with Crippen LogP contribution in [0.25, 0.3) is 0 Å². The molecule has 1 aromatic carbocycles. The Morgan fingerprint density at radius 2 is 2.29 bits per heavy atom. The van der Waals surface area contributed by atoms with Crippen LogP contribution in [0, 0.1) is 5.82 Å². The summed E-state index contributed by atoms with van der Waals surface area (Å²) in [6.45, 7) is 2.61. The zero-order valence-corrected chi connectivity index (χ0v) is 9.80. The van der Waals surface area contributed by atoms with Gasteiger partial charge in [-0.3, -0.25) is 0 Å². The van der Waals surface area contributed by atoms with E-state index in [0.717, 1.165) is 6.42 Å². The molecule has 0 aromatic heterocycles. The summed E-state index contributed by atoms with van der Waals surface area (Å²) < 4.78 is 24.0. The topological polar surface area (TPSA) is 38.7 Å². The molecule has 1 N–H and O–H groups in total. The number of halogens is 1. The van der Waals surface area contributed by atoms with Crippen molar-refractivity contribution in [1.29, 1.82) is 0 Å². The van der Waals surface area contributed by atoms with Gasteiger partial charge in [-0.25, -0.2) is 4.39 Å². The Hall–Kier alpha value is -1.13. The summed E-state index contributed by atoms with van der Waals surface area (Å²) in [5.74, 6) is 0.153. The van der Waals surface area contributed by atoms with Crippen molar-refractivity contribution in [3.8, 4) is 5.75 Å². The molecule has 4 heteroatoms. The molecular weight excluding hydrogens is 223 g/mol. The Kier molecular flexibility index (Phi) is 3.97. The van der Waals surface area contributed by atoms with Gasteiger partial charge in [-0.1, -0.05) is 13.0 Å². The third-order valence-electron chi connectivity index (χ3n) is 2.82. The lowest BCUT2D eigenvalue weighted by Crippen LogP contribution is -2.55. The van der Waals surface area contributed by atoms with E-state index in [1.54, 1.807) is 12.1 Å². The third kappa shape index (κ3) is 2.96. The molecule has 1 saturated carbocycles. The van der Waals surface area contributed by atoms with Gasteiger partial charge in [0.25, 0.3) is 0 Å². The van der Waals surface area contributed by atoms with E-state index in [2.05, 4.69) is 0 Å². The molecule has 0 aliphatic heterocycles. The van der Waals surface area contributed by atoms with Gasteiger partial charge in [0.15, 0.2) is 0 Å². The van der Waals surface area contributed by atoms with Crippen LogP contribution in [0.15, 0.2) is 24.3 Å². The second kappa shape index (κ2) is 5.47. The number of ether oxygens (including phenoxy) is 2. The fraction of sp³-hybridized carbons (Fsp3) is 0.538. The first-order valence-electron chi connectivity index (χ1n) is 5.92. The summed E-state index contributed by atoms with van der Waals surface area (Å²) in [6, 6.07) is 6.00. The first-order valence-corrected chi connectivity index (χ1v) is 5.92. The fourth-order valence-corrected chi connectivity index (χ4v) is 1.86. The van der Waals surface area contributed by atoms with Crippen LogP contribution in [0.3, 0.4) is 0 Å². The van der Waals surface area contributed by atoms with Crippen LogP contribution in [-0.4, -0.2) is 30.0 Å². The highest BCUT2D eigenvalue weighted by Gasteiger charge is 2.42. The Morgan fingerprint density at radius 1 is 1.47 bits per heavy atom. The SMILES string of the molecule is CCCOC1C(O)CC1Oc1cccc(F)c1. The lowest BCUT2D eigenvalue weighted by atomic mass is 9.88. The molecule has 3 atom stereocenters. The van der Waals surface area contributed by atoms with E-state index in [1.165, 1.54) is 12.1 Å². The standard InChI is InChI=1S/C13H17FO3/c1-2-6-16-13-11(15)8-12(13)17-10-5-3-4-9(14)7-10/h3-5,7,11-13,15H,2,6,8H2,1H3. The molecule has 0 bridgehead atoms. The normalized spacial score (nSPS) is 27.6. The smallest absolute Gasteiger partial charge is 0.130 e. The molecule has 1 fully saturated rings. The van der Waals surface area contributed by atoms with E-state index in [4.69, 9.17) is 9.47 Å². The summed E-state index contributed by atoms with van der Waals surface area (Å²) in [5, 5.41) is 9.56. The molecule has 0 amide bonds. The van der Waals surface area contributed by atoms with E-state index in [0.29, 0.717) is 18.8 Å². The minimum Gasteiger partial charge on any atom is -0.487 e. The Morgan fingerprint density at radius 3 is 2.94 bits per heavy atom. The van der Waals surface area contributed by atoms with Crippen LogP contribution >= 0.6 is 0 Å². The second-order valence-corrected chi connectivity index (χ2v) is 4.25. The van der Waals surface area contributed by atoms with Gasteiger partial charge in [-0.05, 0) is 18.6 Å². The summed E-state index contributed by atoms with van der Waals surface area (Å²) in [6.07, 6.45) is 0.484. The number of aliphatic hydroxyl groups is 1. The van der Waals surface area contributed by atoms with E-state index >= 15 is 0 Å². The van der Waals surface area contributed by atoms with Gasteiger partial charge in [0, 0.05) is 19.1 Å². The van der Waals surface area contributed by atoms with Crippen molar-refractivity contribution in [2.24, 2.45) is 0 Å². The van der Waals surface area contributed by atoms with Crippen LogP contribution in [0.5, 0.6) is 5.75 Å². The maximum absolute atomic E-state index is 13.0. The molecular formula is C13H17FO3. The van der Waals surface area contributed by atoms with Crippen molar-refractivity contribution in [3.05, 3.63) is 30.1 Å². The molecule has 0 spiro atoms. The summed E-state index contributed by atoms with van der Waals surface area (Å²) in [4.78, 5) is 0. The summed E-state index contributed by atoms with van der Waals surface area (Å²) in [5.41, 5.74) is 0. The number of hydrogen-bond acceptors (Lipinski definition) is 3. The van der Waals surface area contributed by atoms with E-state index in [9.17, 15) is 9.50 Å². The van der Waals surface area contributed by atoms with Crippen LogP contribution in [0.2, 0.25) is 0 Å². The summed E-state index contributed by atoms with van der Waals surface area (Å²) in [7, 11) is 0. The van der Waals surface area contributed by atoms with Gasteiger partial charge in [-0.15, -0.1) is 0 Å². The number of hydrogen-bond donors (Lipinski definition) is 1. The van der Waals surface area contributed by atoms with Crippen LogP contribution in [-0.2, 0) is 4.74 Å². The van der Waals surface area contributed by atoms with Crippen LogP contribution in [0.1, 0.15) is 19.8 Å². The van der Waals surface area contributed by atoms with Crippen molar-refractivity contribution < 1.29 is 19.0 Å². The molecule has 0 heterocycles. The first kappa shape index (κ1) is 12.3. The Bertz CT molecular complexity index is 369. The first-order chi connectivity index (χ1) is 8.20. The summed E-state index contributed by atoms with van der Waals surface area (Å²) >= 11 is 0. The van der Waals surface area contributed by atoms with E-state index < -0.39 is 6.10 Å². The average molecular weight is 240 g/mol. The van der Waals surface area contributed by atoms with Crippen LogP contribution < -0.4 is 4.74 Å². The Labute approximate surface area is 100 Å². The fourth-order valence-electron chi connectivity index (χ4n) is 1.86. The molecule has 1 aliphatic rings. The van der Waals surface area contributed by atoms with Gasteiger partial charge < -0.3 is 14.6 Å². The highest BCUT2D eigenvalue weighted by atomic mass is 19.1. The maximum atomic E-state index is 13.0. The molecule has 3 unspecified atom stereocenters. The highest BCUT2D eigenvalue weighted by Crippen LogP contribution is 2.29. The van der Waals surface area contributed by atoms with Gasteiger partial charge in [0.1, 0.15) is 23.8 Å². The van der Waals surface area contributed by atoms with Crippen molar-refractivity contribution in [2.45, 2.75) is 38.1 Å². The monoisotopic (exact) mass is 240 g/mol. The minimum atomic E-state index is -0.472. The highest BCUT2D eigenvalue weighted by molar-refractivity contribution is 5.23. The maximum Gasteiger partial charge on any atom is 0.130 e. The van der Waals surface area contributed by atoms with E-state index in [-0.39, 0.29) is 18.0 Å². The quantitative estimate of drug-likeness (QED) is 0.857. The molecule has 94 valence electrons. The second-order valence-electron chi connectivity index (χ2n) is 4.25. The lowest BCUT2D eigenvalue weighted by molar-refractivity contribution is -0.162. The molecule has 17 heavy (non-hydrogen) atoms. The molecule has 2 rings (SSSR count). The molecule has 3 nitrogen and oxygen atoms in total.